The largest absolute Gasteiger partial charge is 0.379 e. The molecule has 2 aliphatic heterocycles. The molecule has 2 saturated heterocycles. The van der Waals surface area contributed by atoms with E-state index in [1.165, 1.54) is 0 Å². The molecule has 1 aliphatic carbocycles. The number of pyridine rings is 1. The van der Waals surface area contributed by atoms with Gasteiger partial charge in [-0.3, -0.25) is 19.5 Å². The molecule has 0 unspecified atom stereocenters. The van der Waals surface area contributed by atoms with Crippen molar-refractivity contribution in [2.75, 3.05) is 50.8 Å². The van der Waals surface area contributed by atoms with Crippen LogP contribution in [0.25, 0.3) is 0 Å². The maximum atomic E-state index is 12.5. The lowest BCUT2D eigenvalue weighted by atomic mass is 10.2. The molecule has 0 radical (unpaired) electrons. The van der Waals surface area contributed by atoms with Gasteiger partial charge in [0, 0.05) is 50.1 Å². The maximum absolute atomic E-state index is 12.5. The predicted molar refractivity (Wildman–Crippen MR) is 91.5 cm³/mol. The van der Waals surface area contributed by atoms with Crippen LogP contribution in [0.2, 0.25) is 0 Å². The normalized spacial score (nSPS) is 26.9. The third-order valence-corrected chi connectivity index (χ3v) is 4.97. The average molecular weight is 345 g/mol. The molecule has 8 nitrogen and oxygen atoms in total. The Morgan fingerprint density at radius 1 is 1.32 bits per heavy atom. The Bertz CT molecular complexity index is 661. The molecule has 1 aromatic heterocycles. The van der Waals surface area contributed by atoms with Gasteiger partial charge in [-0.05, 0) is 18.6 Å². The Hall–Kier alpha value is -2.19. The zero-order valence-corrected chi connectivity index (χ0v) is 14.1. The first-order chi connectivity index (χ1) is 12.2. The summed E-state index contributed by atoms with van der Waals surface area (Å²) in [7, 11) is 0. The Morgan fingerprint density at radius 3 is 2.96 bits per heavy atom. The zero-order valence-electron chi connectivity index (χ0n) is 14.1. The van der Waals surface area contributed by atoms with Gasteiger partial charge in [-0.2, -0.15) is 0 Å². The van der Waals surface area contributed by atoms with Gasteiger partial charge in [0.05, 0.1) is 19.8 Å². The van der Waals surface area contributed by atoms with Gasteiger partial charge in [-0.15, -0.1) is 0 Å². The van der Waals surface area contributed by atoms with Crippen molar-refractivity contribution in [2.45, 2.75) is 18.5 Å². The second kappa shape index (κ2) is 6.97. The zero-order chi connectivity index (χ0) is 17.2. The van der Waals surface area contributed by atoms with Gasteiger partial charge in [0.2, 0.25) is 5.91 Å². The summed E-state index contributed by atoms with van der Waals surface area (Å²) in [4.78, 5) is 32.6. The van der Waals surface area contributed by atoms with E-state index in [4.69, 9.17) is 4.74 Å². The number of morpholine rings is 1. The molecule has 3 heterocycles. The van der Waals surface area contributed by atoms with Gasteiger partial charge in [0.1, 0.15) is 5.69 Å². The van der Waals surface area contributed by atoms with E-state index in [1.807, 2.05) is 11.0 Å². The van der Waals surface area contributed by atoms with E-state index in [1.54, 1.807) is 12.3 Å². The minimum Gasteiger partial charge on any atom is -0.379 e. The number of rotatable bonds is 4. The Balaban J connectivity index is 1.36. The molecular formula is C17H23N5O3. The number of hydrogen-bond acceptors (Lipinski definition) is 6. The highest BCUT2D eigenvalue weighted by Crippen LogP contribution is 2.29. The Morgan fingerprint density at radius 2 is 2.16 bits per heavy atom. The van der Waals surface area contributed by atoms with Crippen LogP contribution in [0.4, 0.5) is 5.69 Å². The predicted octanol–water partition coefficient (Wildman–Crippen LogP) is -0.779. The average Bonchev–Trinajstić information content (AvgIpc) is 3.42. The smallest absolute Gasteiger partial charge is 0.270 e. The number of piperazine rings is 1. The molecule has 3 aliphatic rings. The third kappa shape index (κ3) is 3.74. The molecule has 3 fully saturated rings. The summed E-state index contributed by atoms with van der Waals surface area (Å²) in [6, 6.07) is 4.21. The van der Waals surface area contributed by atoms with Crippen LogP contribution in [0.5, 0.6) is 0 Å². The highest BCUT2D eigenvalue weighted by atomic mass is 16.5. The lowest BCUT2D eigenvalue weighted by molar-refractivity contribution is -0.120. The van der Waals surface area contributed by atoms with Crippen molar-refractivity contribution in [1.29, 1.82) is 0 Å². The number of nitrogens with one attached hydrogen (secondary N) is 2. The first kappa shape index (κ1) is 16.3. The second-order valence-corrected chi connectivity index (χ2v) is 6.70. The fourth-order valence-corrected chi connectivity index (χ4v) is 3.49. The minimum atomic E-state index is -0.149. The van der Waals surface area contributed by atoms with Crippen LogP contribution in [-0.2, 0) is 9.53 Å². The summed E-state index contributed by atoms with van der Waals surface area (Å²) in [5, 5.41) is 5.88. The van der Waals surface area contributed by atoms with Gasteiger partial charge in [-0.25, -0.2) is 0 Å². The maximum Gasteiger partial charge on any atom is 0.270 e. The van der Waals surface area contributed by atoms with Crippen molar-refractivity contribution in [3.63, 3.8) is 0 Å². The number of amides is 2. The monoisotopic (exact) mass is 345 g/mol. The van der Waals surface area contributed by atoms with Gasteiger partial charge >= 0.3 is 0 Å². The fourth-order valence-electron chi connectivity index (χ4n) is 3.49. The summed E-state index contributed by atoms with van der Waals surface area (Å²) in [6.45, 7) is 5.06. The number of nitrogens with zero attached hydrogens (tertiary/aromatic N) is 3. The number of carbonyl (C=O) groups excluding carboxylic acids is 2. The number of anilines is 1. The molecule has 0 spiro atoms. The van der Waals surface area contributed by atoms with Crippen LogP contribution in [-0.4, -0.2) is 79.7 Å². The topological polar surface area (TPSA) is 86.8 Å². The van der Waals surface area contributed by atoms with Crippen LogP contribution in [0.3, 0.4) is 0 Å². The molecule has 0 bridgehead atoms. The van der Waals surface area contributed by atoms with Crippen LogP contribution in [0.1, 0.15) is 16.9 Å². The molecule has 1 aromatic rings. The summed E-state index contributed by atoms with van der Waals surface area (Å²) < 4.78 is 5.37. The van der Waals surface area contributed by atoms with Crippen molar-refractivity contribution in [3.05, 3.63) is 24.0 Å². The second-order valence-electron chi connectivity index (χ2n) is 6.70. The van der Waals surface area contributed by atoms with Crippen LogP contribution >= 0.6 is 0 Å². The molecule has 2 atom stereocenters. The molecule has 1 saturated carbocycles. The molecule has 2 amide bonds. The van der Waals surface area contributed by atoms with Crippen LogP contribution < -0.4 is 15.5 Å². The van der Waals surface area contributed by atoms with Gasteiger partial charge < -0.3 is 20.3 Å². The van der Waals surface area contributed by atoms with Gasteiger partial charge in [0.25, 0.3) is 5.91 Å². The Labute approximate surface area is 146 Å². The van der Waals surface area contributed by atoms with E-state index in [-0.39, 0.29) is 17.9 Å². The van der Waals surface area contributed by atoms with Crippen molar-refractivity contribution in [1.82, 2.24) is 20.5 Å². The highest BCUT2D eigenvalue weighted by Gasteiger charge is 2.43. The number of aromatic nitrogens is 1. The minimum absolute atomic E-state index is 0.000368. The molecule has 0 aromatic carbocycles. The summed E-state index contributed by atoms with van der Waals surface area (Å²) in [6.07, 6.45) is 2.61. The molecular weight excluding hydrogens is 322 g/mol. The van der Waals surface area contributed by atoms with Gasteiger partial charge in [0.15, 0.2) is 0 Å². The molecule has 134 valence electrons. The van der Waals surface area contributed by atoms with Crippen LogP contribution in [0, 0.1) is 0 Å². The standard InChI is InChI=1S/C17H23N5O3/c23-16-11-22(4-3-19-16)12-1-2-18-14(9-12)17(24)20-13-10-15(13)21-5-7-25-8-6-21/h1-2,9,13,15H,3-8,10-11H2,(H,19,23)(H,20,24)/t13-,15-/m1/s1. The lowest BCUT2D eigenvalue weighted by Gasteiger charge is -2.28. The van der Waals surface area contributed by atoms with E-state index in [0.29, 0.717) is 24.8 Å². The van der Waals surface area contributed by atoms with E-state index in [0.717, 1.165) is 45.0 Å². The first-order valence-electron chi connectivity index (χ1n) is 8.81. The van der Waals surface area contributed by atoms with Crippen LogP contribution in [0.15, 0.2) is 18.3 Å². The molecule has 2 N–H and O–H groups in total. The van der Waals surface area contributed by atoms with Crippen molar-refractivity contribution in [3.8, 4) is 0 Å². The van der Waals surface area contributed by atoms with Crippen molar-refractivity contribution in [2.24, 2.45) is 0 Å². The number of ether oxygens (including phenoxy) is 1. The summed E-state index contributed by atoms with van der Waals surface area (Å²) >= 11 is 0. The number of hydrogen-bond donors (Lipinski definition) is 2. The number of carbonyl (C=O) groups is 2. The fraction of sp³-hybridized carbons (Fsp3) is 0.588. The molecule has 8 heteroatoms. The summed E-state index contributed by atoms with van der Waals surface area (Å²) in [5.74, 6) is -0.149. The highest BCUT2D eigenvalue weighted by molar-refractivity contribution is 5.94. The van der Waals surface area contributed by atoms with E-state index in [9.17, 15) is 9.59 Å². The van der Waals surface area contributed by atoms with E-state index >= 15 is 0 Å². The SMILES string of the molecule is O=C1CN(c2ccnc(C(=O)N[C@@H]3C[C@H]3N3CCOCC3)c2)CCN1. The van der Waals surface area contributed by atoms with E-state index < -0.39 is 0 Å². The first-order valence-corrected chi connectivity index (χ1v) is 8.81. The molecule has 4 rings (SSSR count). The lowest BCUT2D eigenvalue weighted by Crippen LogP contribution is -2.47. The van der Waals surface area contributed by atoms with Crippen molar-refractivity contribution >= 4 is 17.5 Å². The van der Waals surface area contributed by atoms with Gasteiger partial charge in [-0.1, -0.05) is 0 Å². The third-order valence-electron chi connectivity index (χ3n) is 4.97. The summed E-state index contributed by atoms with van der Waals surface area (Å²) in [5.41, 5.74) is 1.26. The van der Waals surface area contributed by atoms with E-state index in [2.05, 4.69) is 20.5 Å². The Kier molecular flexibility index (Phi) is 4.54. The quantitative estimate of drug-likeness (QED) is 0.745. The molecule has 25 heavy (non-hydrogen) atoms. The van der Waals surface area contributed by atoms with Crippen molar-refractivity contribution < 1.29 is 14.3 Å².